The minimum atomic E-state index is 0.0496. The van der Waals surface area contributed by atoms with Crippen molar-refractivity contribution in [3.8, 4) is 5.75 Å². The Hall–Kier alpha value is -2.29. The molecule has 0 radical (unpaired) electrons. The summed E-state index contributed by atoms with van der Waals surface area (Å²) >= 11 is 0. The Kier molecular flexibility index (Phi) is 3.91. The van der Waals surface area contributed by atoms with Crippen LogP contribution in [0.15, 0.2) is 48.5 Å². The zero-order valence-corrected chi connectivity index (χ0v) is 12.2. The average Bonchev–Trinajstić information content (AvgIpc) is 2.54. The zero-order valence-electron chi connectivity index (χ0n) is 12.2. The molecule has 3 heteroatoms. The molecule has 3 nitrogen and oxygen atoms in total. The van der Waals surface area contributed by atoms with Gasteiger partial charge in [-0.15, -0.1) is 0 Å². The molecule has 0 aromatic heterocycles. The fourth-order valence-electron chi connectivity index (χ4n) is 2.76. The van der Waals surface area contributed by atoms with Crippen LogP contribution < -0.4 is 4.74 Å². The lowest BCUT2D eigenvalue weighted by Gasteiger charge is -2.29. The number of nitrogens with zero attached hydrogens (tertiary/aromatic N) is 1. The first-order valence-electron chi connectivity index (χ1n) is 7.37. The van der Waals surface area contributed by atoms with Crippen LogP contribution in [0.1, 0.15) is 28.4 Å². The molecular weight excluding hydrogens is 262 g/mol. The Labute approximate surface area is 125 Å². The number of amides is 1. The maximum absolute atomic E-state index is 12.8. The van der Waals surface area contributed by atoms with Crippen molar-refractivity contribution in [3.63, 3.8) is 0 Å². The highest BCUT2D eigenvalue weighted by Gasteiger charge is 2.23. The molecule has 2 aromatic rings. The van der Waals surface area contributed by atoms with E-state index < -0.39 is 0 Å². The molecule has 0 fully saturated rings. The van der Waals surface area contributed by atoms with Gasteiger partial charge in [0, 0.05) is 13.1 Å². The van der Waals surface area contributed by atoms with Crippen molar-refractivity contribution < 1.29 is 9.53 Å². The number of para-hydroxylation sites is 1. The third-order valence-corrected chi connectivity index (χ3v) is 3.84. The van der Waals surface area contributed by atoms with Crippen molar-refractivity contribution in [3.05, 3.63) is 65.2 Å². The third kappa shape index (κ3) is 2.77. The summed E-state index contributed by atoms with van der Waals surface area (Å²) in [6.07, 6.45) is 0.915. The number of benzene rings is 2. The van der Waals surface area contributed by atoms with Crippen LogP contribution in [0.25, 0.3) is 0 Å². The molecule has 0 saturated carbocycles. The summed E-state index contributed by atoms with van der Waals surface area (Å²) in [7, 11) is 0. The lowest BCUT2D eigenvalue weighted by Crippen LogP contribution is -2.36. The average molecular weight is 281 g/mol. The summed E-state index contributed by atoms with van der Waals surface area (Å²) in [6, 6.07) is 15.8. The second kappa shape index (κ2) is 6.00. The number of fused-ring (bicyclic) bond motifs is 1. The van der Waals surface area contributed by atoms with Crippen molar-refractivity contribution in [1.29, 1.82) is 0 Å². The topological polar surface area (TPSA) is 29.5 Å². The van der Waals surface area contributed by atoms with Gasteiger partial charge in [0.05, 0.1) is 12.2 Å². The largest absolute Gasteiger partial charge is 0.493 e. The first-order chi connectivity index (χ1) is 10.3. The van der Waals surface area contributed by atoms with E-state index in [2.05, 4.69) is 18.2 Å². The van der Waals surface area contributed by atoms with Gasteiger partial charge in [0.25, 0.3) is 5.91 Å². The summed E-state index contributed by atoms with van der Waals surface area (Å²) in [4.78, 5) is 14.7. The number of carbonyl (C=O) groups is 1. The molecule has 1 aliphatic rings. The van der Waals surface area contributed by atoms with Crippen LogP contribution in [-0.2, 0) is 13.0 Å². The molecule has 1 heterocycles. The number of hydrogen-bond donors (Lipinski definition) is 0. The Balaban J connectivity index is 1.84. The van der Waals surface area contributed by atoms with Gasteiger partial charge in [-0.05, 0) is 36.6 Å². The highest BCUT2D eigenvalue weighted by molar-refractivity contribution is 5.97. The van der Waals surface area contributed by atoms with Crippen LogP contribution in [0.2, 0.25) is 0 Å². The monoisotopic (exact) mass is 281 g/mol. The van der Waals surface area contributed by atoms with E-state index in [0.29, 0.717) is 24.5 Å². The predicted octanol–water partition coefficient (Wildman–Crippen LogP) is 3.28. The lowest BCUT2D eigenvalue weighted by molar-refractivity contribution is 0.0730. The molecule has 0 N–H and O–H groups in total. The smallest absolute Gasteiger partial charge is 0.257 e. The summed E-state index contributed by atoms with van der Waals surface area (Å²) < 4.78 is 5.57. The van der Waals surface area contributed by atoms with E-state index in [1.807, 2.05) is 42.2 Å². The van der Waals surface area contributed by atoms with E-state index in [1.165, 1.54) is 11.1 Å². The van der Waals surface area contributed by atoms with E-state index in [0.717, 1.165) is 13.0 Å². The van der Waals surface area contributed by atoms with Crippen molar-refractivity contribution in [1.82, 2.24) is 4.90 Å². The molecule has 0 spiro atoms. The van der Waals surface area contributed by atoms with Crippen LogP contribution in [0.5, 0.6) is 5.75 Å². The normalized spacial score (nSPS) is 13.7. The summed E-state index contributed by atoms with van der Waals surface area (Å²) in [5.74, 6) is 0.720. The molecule has 0 saturated heterocycles. The van der Waals surface area contributed by atoms with Gasteiger partial charge < -0.3 is 9.64 Å². The third-order valence-electron chi connectivity index (χ3n) is 3.84. The molecule has 0 aliphatic carbocycles. The van der Waals surface area contributed by atoms with E-state index in [9.17, 15) is 4.79 Å². The van der Waals surface area contributed by atoms with Crippen molar-refractivity contribution in [2.24, 2.45) is 0 Å². The summed E-state index contributed by atoms with van der Waals surface area (Å²) in [5.41, 5.74) is 3.24. The van der Waals surface area contributed by atoms with Gasteiger partial charge in [-0.1, -0.05) is 36.4 Å². The second-order valence-corrected chi connectivity index (χ2v) is 5.17. The molecule has 0 unspecified atom stereocenters. The quantitative estimate of drug-likeness (QED) is 0.864. The van der Waals surface area contributed by atoms with Gasteiger partial charge in [-0.3, -0.25) is 4.79 Å². The highest BCUT2D eigenvalue weighted by Crippen LogP contribution is 2.24. The number of rotatable bonds is 3. The van der Waals surface area contributed by atoms with Crippen LogP contribution in [0.4, 0.5) is 0 Å². The van der Waals surface area contributed by atoms with Crippen LogP contribution in [-0.4, -0.2) is 24.0 Å². The van der Waals surface area contributed by atoms with Gasteiger partial charge in [-0.25, -0.2) is 0 Å². The predicted molar refractivity (Wildman–Crippen MR) is 82.5 cm³/mol. The molecule has 1 amide bonds. The van der Waals surface area contributed by atoms with Gasteiger partial charge in [0.1, 0.15) is 5.75 Å². The molecule has 3 rings (SSSR count). The fraction of sp³-hybridized carbons (Fsp3) is 0.278. The highest BCUT2D eigenvalue weighted by atomic mass is 16.5. The molecular formula is C18H19NO2. The SMILES string of the molecule is CCOc1ccccc1C(=O)N1CCc2ccccc2C1. The fourth-order valence-corrected chi connectivity index (χ4v) is 2.76. The molecule has 108 valence electrons. The first-order valence-corrected chi connectivity index (χ1v) is 7.37. The Morgan fingerprint density at radius 3 is 2.62 bits per heavy atom. The molecule has 0 atom stereocenters. The number of ether oxygens (including phenoxy) is 1. The molecule has 1 aliphatic heterocycles. The number of carbonyl (C=O) groups excluding carboxylic acids is 1. The van der Waals surface area contributed by atoms with Crippen molar-refractivity contribution >= 4 is 5.91 Å². The zero-order chi connectivity index (χ0) is 14.7. The van der Waals surface area contributed by atoms with Gasteiger partial charge in [0.2, 0.25) is 0 Å². The van der Waals surface area contributed by atoms with Crippen molar-refractivity contribution in [2.75, 3.05) is 13.2 Å². The van der Waals surface area contributed by atoms with Gasteiger partial charge in [0.15, 0.2) is 0 Å². The van der Waals surface area contributed by atoms with Gasteiger partial charge in [-0.2, -0.15) is 0 Å². The lowest BCUT2D eigenvalue weighted by atomic mass is 9.99. The second-order valence-electron chi connectivity index (χ2n) is 5.17. The standard InChI is InChI=1S/C18H19NO2/c1-2-21-17-10-6-5-9-16(17)18(20)19-12-11-14-7-3-4-8-15(14)13-19/h3-10H,2,11-13H2,1H3. The maximum Gasteiger partial charge on any atom is 0.257 e. The van der Waals surface area contributed by atoms with E-state index >= 15 is 0 Å². The molecule has 21 heavy (non-hydrogen) atoms. The van der Waals surface area contributed by atoms with E-state index in [4.69, 9.17) is 4.74 Å². The minimum absolute atomic E-state index is 0.0496. The van der Waals surface area contributed by atoms with Crippen LogP contribution >= 0.6 is 0 Å². The van der Waals surface area contributed by atoms with Crippen LogP contribution in [0.3, 0.4) is 0 Å². The molecule has 2 aromatic carbocycles. The van der Waals surface area contributed by atoms with E-state index in [-0.39, 0.29) is 5.91 Å². The number of hydrogen-bond acceptors (Lipinski definition) is 2. The summed E-state index contributed by atoms with van der Waals surface area (Å²) in [6.45, 7) is 3.93. The molecule has 0 bridgehead atoms. The Morgan fingerprint density at radius 1 is 1.10 bits per heavy atom. The van der Waals surface area contributed by atoms with Gasteiger partial charge >= 0.3 is 0 Å². The first kappa shape index (κ1) is 13.7. The summed E-state index contributed by atoms with van der Waals surface area (Å²) in [5, 5.41) is 0. The van der Waals surface area contributed by atoms with Crippen LogP contribution in [0, 0.1) is 0 Å². The Bertz CT molecular complexity index is 651. The van der Waals surface area contributed by atoms with Crippen molar-refractivity contribution in [2.45, 2.75) is 19.9 Å². The van der Waals surface area contributed by atoms with E-state index in [1.54, 1.807) is 0 Å². The minimum Gasteiger partial charge on any atom is -0.493 e. The maximum atomic E-state index is 12.8. The Morgan fingerprint density at radius 2 is 1.81 bits per heavy atom.